The number of nitriles is 1. The second-order valence-corrected chi connectivity index (χ2v) is 8.12. The number of hydrogen-bond acceptors (Lipinski definition) is 7. The number of methoxy groups -OCH3 is 1. The average Bonchev–Trinajstić information content (AvgIpc) is 3.68. The van der Waals surface area contributed by atoms with Gasteiger partial charge in [-0.15, -0.1) is 11.8 Å². The Bertz CT molecular complexity index is 1170. The number of amides is 1. The highest BCUT2D eigenvalue weighted by Gasteiger charge is 2.28. The van der Waals surface area contributed by atoms with E-state index in [1.807, 2.05) is 18.4 Å². The summed E-state index contributed by atoms with van der Waals surface area (Å²) in [6.45, 7) is 0.334. The van der Waals surface area contributed by atoms with Gasteiger partial charge in [0.05, 0.1) is 18.2 Å². The lowest BCUT2D eigenvalue weighted by molar-refractivity contribution is 0.102. The summed E-state index contributed by atoms with van der Waals surface area (Å²) in [6, 6.07) is 12.8. The van der Waals surface area contributed by atoms with Crippen molar-refractivity contribution in [3.8, 4) is 17.6 Å². The van der Waals surface area contributed by atoms with E-state index in [9.17, 15) is 10.1 Å². The van der Waals surface area contributed by atoms with Crippen LogP contribution in [-0.2, 0) is 6.61 Å². The molecule has 7 nitrogen and oxygen atoms in total. The molecule has 32 heavy (non-hydrogen) atoms. The maximum absolute atomic E-state index is 13.1. The van der Waals surface area contributed by atoms with Crippen LogP contribution >= 0.6 is 11.8 Å². The molecule has 1 aliphatic rings. The van der Waals surface area contributed by atoms with E-state index in [-0.39, 0.29) is 5.91 Å². The van der Waals surface area contributed by atoms with E-state index in [2.05, 4.69) is 21.4 Å². The van der Waals surface area contributed by atoms with Crippen molar-refractivity contribution in [2.75, 3.05) is 18.7 Å². The molecule has 0 unspecified atom stereocenters. The first-order valence-corrected chi connectivity index (χ1v) is 11.4. The second kappa shape index (κ2) is 9.71. The smallest absolute Gasteiger partial charge is 0.257 e. The summed E-state index contributed by atoms with van der Waals surface area (Å²) < 4.78 is 11.3. The number of pyridine rings is 2. The van der Waals surface area contributed by atoms with Crippen molar-refractivity contribution in [3.05, 3.63) is 71.2 Å². The Morgan fingerprint density at radius 3 is 2.66 bits per heavy atom. The fraction of sp³-hybridized carbons (Fsp3) is 0.250. The first kappa shape index (κ1) is 21.7. The van der Waals surface area contributed by atoms with Crippen molar-refractivity contribution in [1.82, 2.24) is 9.97 Å². The number of ether oxygens (including phenoxy) is 2. The molecular weight excluding hydrogens is 424 g/mol. The first-order chi connectivity index (χ1) is 15.6. The molecule has 8 heteroatoms. The third kappa shape index (κ3) is 4.84. The number of carbonyl (C=O) groups excluding carboxylic acids is 1. The molecule has 1 N–H and O–H groups in total. The maximum atomic E-state index is 13.1. The summed E-state index contributed by atoms with van der Waals surface area (Å²) in [4.78, 5) is 21.7. The zero-order valence-corrected chi connectivity index (χ0v) is 18.6. The molecule has 2 heterocycles. The SMILES string of the molecule is COc1ccc(NC(=O)c2cc(C3CC3)nc(SC)c2C#N)cc1OCc1ccncc1. The highest BCUT2D eigenvalue weighted by atomic mass is 32.2. The lowest BCUT2D eigenvalue weighted by Crippen LogP contribution is -2.15. The predicted octanol–water partition coefficient (Wildman–Crippen LogP) is 4.79. The number of nitrogens with zero attached hydrogens (tertiary/aromatic N) is 3. The van der Waals surface area contributed by atoms with Crippen LogP contribution in [0.3, 0.4) is 0 Å². The van der Waals surface area contributed by atoms with E-state index in [1.165, 1.54) is 11.8 Å². The molecule has 0 atom stereocenters. The third-order valence-electron chi connectivity index (χ3n) is 5.12. The second-order valence-electron chi connectivity index (χ2n) is 7.33. The summed E-state index contributed by atoms with van der Waals surface area (Å²) in [5.41, 5.74) is 3.00. The van der Waals surface area contributed by atoms with Gasteiger partial charge in [0.1, 0.15) is 17.7 Å². The van der Waals surface area contributed by atoms with Gasteiger partial charge >= 0.3 is 0 Å². The minimum absolute atomic E-state index is 0.294. The normalized spacial score (nSPS) is 12.7. The van der Waals surface area contributed by atoms with Gasteiger partial charge in [-0.2, -0.15) is 5.26 Å². The number of thioether (sulfide) groups is 1. The monoisotopic (exact) mass is 446 g/mol. The Morgan fingerprint density at radius 2 is 2.00 bits per heavy atom. The predicted molar refractivity (Wildman–Crippen MR) is 122 cm³/mol. The van der Waals surface area contributed by atoms with Crippen LogP contribution in [0.5, 0.6) is 11.5 Å². The zero-order chi connectivity index (χ0) is 22.5. The van der Waals surface area contributed by atoms with Gasteiger partial charge in [0.25, 0.3) is 5.91 Å². The number of nitrogens with one attached hydrogen (secondary N) is 1. The fourth-order valence-corrected chi connectivity index (χ4v) is 3.83. The number of benzene rings is 1. The average molecular weight is 447 g/mol. The van der Waals surface area contributed by atoms with Crippen molar-refractivity contribution in [1.29, 1.82) is 5.26 Å². The van der Waals surface area contributed by atoms with Gasteiger partial charge in [-0.25, -0.2) is 4.98 Å². The van der Waals surface area contributed by atoms with Crippen LogP contribution in [0.4, 0.5) is 5.69 Å². The van der Waals surface area contributed by atoms with Crippen LogP contribution in [0.15, 0.2) is 53.8 Å². The van der Waals surface area contributed by atoms with Gasteiger partial charge in [-0.3, -0.25) is 9.78 Å². The maximum Gasteiger partial charge on any atom is 0.257 e. The van der Waals surface area contributed by atoms with Gasteiger partial charge in [-0.05, 0) is 55.0 Å². The lowest BCUT2D eigenvalue weighted by atomic mass is 10.1. The van der Waals surface area contributed by atoms with Crippen LogP contribution in [0, 0.1) is 11.3 Å². The van der Waals surface area contributed by atoms with E-state index in [1.54, 1.807) is 43.8 Å². The molecule has 1 saturated carbocycles. The Hall–Kier alpha value is -3.57. The summed E-state index contributed by atoms with van der Waals surface area (Å²) in [5, 5.41) is 13.1. The molecular formula is C24H22N4O3S. The van der Waals surface area contributed by atoms with Gasteiger partial charge in [0, 0.05) is 35.8 Å². The molecule has 1 amide bonds. The third-order valence-corrected chi connectivity index (χ3v) is 5.80. The van der Waals surface area contributed by atoms with Crippen LogP contribution in [0.2, 0.25) is 0 Å². The van der Waals surface area contributed by atoms with Crippen molar-refractivity contribution in [2.24, 2.45) is 0 Å². The highest BCUT2D eigenvalue weighted by Crippen LogP contribution is 2.41. The largest absolute Gasteiger partial charge is 0.493 e. The molecule has 1 aliphatic carbocycles. The summed E-state index contributed by atoms with van der Waals surface area (Å²) in [6.07, 6.45) is 7.38. The minimum Gasteiger partial charge on any atom is -0.493 e. The quantitative estimate of drug-likeness (QED) is 0.497. The highest BCUT2D eigenvalue weighted by molar-refractivity contribution is 7.98. The number of rotatable bonds is 8. The minimum atomic E-state index is -0.355. The molecule has 0 spiro atoms. The number of aromatic nitrogens is 2. The molecule has 2 aromatic heterocycles. The van der Waals surface area contributed by atoms with Gasteiger partial charge in [0.15, 0.2) is 11.5 Å². The Morgan fingerprint density at radius 1 is 1.22 bits per heavy atom. The van der Waals surface area contributed by atoms with E-state index < -0.39 is 0 Å². The molecule has 0 radical (unpaired) electrons. The fourth-order valence-electron chi connectivity index (χ4n) is 3.27. The molecule has 0 bridgehead atoms. The molecule has 162 valence electrons. The van der Waals surface area contributed by atoms with E-state index in [0.717, 1.165) is 24.1 Å². The first-order valence-electron chi connectivity index (χ1n) is 10.1. The molecule has 1 fully saturated rings. The number of hydrogen-bond donors (Lipinski definition) is 1. The standard InChI is InChI=1S/C24H22N4O3S/c1-30-21-6-5-17(11-22(21)31-14-15-7-9-26-10-8-15)27-23(29)18-12-20(16-3-4-16)28-24(32-2)19(18)13-25/h5-12,16H,3-4,14H2,1-2H3,(H,27,29). The van der Waals surface area contributed by atoms with E-state index >= 15 is 0 Å². The molecule has 0 aliphatic heterocycles. The molecule has 3 aromatic rings. The van der Waals surface area contributed by atoms with Crippen molar-refractivity contribution < 1.29 is 14.3 Å². The van der Waals surface area contributed by atoms with E-state index in [4.69, 9.17) is 9.47 Å². The van der Waals surface area contributed by atoms with Gasteiger partial charge in [-0.1, -0.05) is 0 Å². The number of anilines is 1. The van der Waals surface area contributed by atoms with Crippen molar-refractivity contribution in [3.63, 3.8) is 0 Å². The topological polar surface area (TPSA) is 97.1 Å². The van der Waals surface area contributed by atoms with Crippen LogP contribution in [0.25, 0.3) is 0 Å². The Balaban J connectivity index is 1.58. The van der Waals surface area contributed by atoms with Crippen LogP contribution < -0.4 is 14.8 Å². The Labute approximate surface area is 190 Å². The van der Waals surface area contributed by atoms with Crippen molar-refractivity contribution >= 4 is 23.4 Å². The van der Waals surface area contributed by atoms with Gasteiger partial charge < -0.3 is 14.8 Å². The molecule has 4 rings (SSSR count). The summed E-state index contributed by atoms with van der Waals surface area (Å²) in [5.74, 6) is 1.07. The van der Waals surface area contributed by atoms with Crippen LogP contribution in [-0.4, -0.2) is 29.2 Å². The van der Waals surface area contributed by atoms with E-state index in [0.29, 0.717) is 45.9 Å². The van der Waals surface area contributed by atoms with Crippen LogP contribution in [0.1, 0.15) is 45.9 Å². The Kier molecular flexibility index (Phi) is 6.57. The molecule has 0 saturated heterocycles. The number of carbonyl (C=O) groups is 1. The van der Waals surface area contributed by atoms with Crippen molar-refractivity contribution in [2.45, 2.75) is 30.4 Å². The zero-order valence-electron chi connectivity index (χ0n) is 17.8. The lowest BCUT2D eigenvalue weighted by Gasteiger charge is -2.14. The molecule has 1 aromatic carbocycles. The summed E-state index contributed by atoms with van der Waals surface area (Å²) >= 11 is 1.37. The van der Waals surface area contributed by atoms with Gasteiger partial charge in [0.2, 0.25) is 0 Å². The summed E-state index contributed by atoms with van der Waals surface area (Å²) in [7, 11) is 1.56.